The maximum absolute atomic E-state index is 10.4. The zero-order valence-corrected chi connectivity index (χ0v) is 9.85. The molecule has 1 N–H and O–H groups in total. The van der Waals surface area contributed by atoms with E-state index in [1.165, 1.54) is 32.1 Å². The second-order valence-electron chi connectivity index (χ2n) is 3.76. The third kappa shape index (κ3) is 18.1. The van der Waals surface area contributed by atoms with Crippen molar-refractivity contribution in [3.05, 3.63) is 0 Å². The van der Waals surface area contributed by atoms with E-state index in [9.17, 15) is 8.42 Å². The summed E-state index contributed by atoms with van der Waals surface area (Å²) >= 11 is 0. The van der Waals surface area contributed by atoms with Crippen LogP contribution < -0.4 is 0 Å². The molecule has 0 aliphatic carbocycles. The molecule has 0 saturated heterocycles. The third-order valence-electron chi connectivity index (χ3n) is 2.26. The fourth-order valence-electron chi connectivity index (χ4n) is 1.42. The molecule has 0 heterocycles. The van der Waals surface area contributed by atoms with Gasteiger partial charge in [-0.2, -0.15) is 8.42 Å². The summed E-state index contributed by atoms with van der Waals surface area (Å²) in [5, 5.41) is 0. The van der Waals surface area contributed by atoms with E-state index in [1.54, 1.807) is 0 Å². The molecule has 15 heavy (non-hydrogen) atoms. The summed E-state index contributed by atoms with van der Waals surface area (Å²) in [5.74, 6) is -0.0814. The Hall–Kier alpha value is 1.55. The topological polar surface area (TPSA) is 54.4 Å². The summed E-state index contributed by atoms with van der Waals surface area (Å²) in [7, 11) is -3.73. The van der Waals surface area contributed by atoms with Gasteiger partial charge in [0, 0.05) is 0 Å². The van der Waals surface area contributed by atoms with E-state index >= 15 is 0 Å². The summed E-state index contributed by atoms with van der Waals surface area (Å²) in [5.41, 5.74) is 0. The van der Waals surface area contributed by atoms with Gasteiger partial charge in [-0.05, 0) is 6.42 Å². The van der Waals surface area contributed by atoms with Crippen molar-refractivity contribution in [1.29, 1.82) is 0 Å². The quantitative estimate of drug-likeness (QED) is 0.394. The predicted molar refractivity (Wildman–Crippen MR) is 66.2 cm³/mol. The molecule has 0 unspecified atom stereocenters. The maximum atomic E-state index is 10.4. The number of rotatable bonds is 9. The van der Waals surface area contributed by atoms with Crippen LogP contribution in [0, 0.1) is 0 Å². The van der Waals surface area contributed by atoms with Gasteiger partial charge in [-0.3, -0.25) is 4.55 Å². The van der Waals surface area contributed by atoms with Crippen LogP contribution in [0.1, 0.15) is 58.3 Å². The SMILES string of the molecule is CCCCCCCCCCS(=O)(=O)O.[KH]. The molecule has 0 spiro atoms. The van der Waals surface area contributed by atoms with Crippen molar-refractivity contribution in [3.8, 4) is 0 Å². The fourth-order valence-corrected chi connectivity index (χ4v) is 1.99. The van der Waals surface area contributed by atoms with Gasteiger partial charge in [0.05, 0.1) is 5.75 Å². The molecule has 0 aliphatic heterocycles. The van der Waals surface area contributed by atoms with Crippen molar-refractivity contribution in [2.24, 2.45) is 0 Å². The van der Waals surface area contributed by atoms with Gasteiger partial charge >= 0.3 is 51.4 Å². The van der Waals surface area contributed by atoms with Gasteiger partial charge in [0.25, 0.3) is 10.1 Å². The van der Waals surface area contributed by atoms with Gasteiger partial charge < -0.3 is 0 Å². The van der Waals surface area contributed by atoms with Crippen molar-refractivity contribution in [2.45, 2.75) is 58.3 Å². The zero-order chi connectivity index (χ0) is 10.9. The molecule has 0 saturated carbocycles. The van der Waals surface area contributed by atoms with Crippen molar-refractivity contribution >= 4 is 61.5 Å². The van der Waals surface area contributed by atoms with Gasteiger partial charge in [0.2, 0.25) is 0 Å². The number of hydrogen-bond donors (Lipinski definition) is 1. The summed E-state index contributed by atoms with van der Waals surface area (Å²) in [6.07, 6.45) is 8.85. The van der Waals surface area contributed by atoms with E-state index in [1.807, 2.05) is 0 Å². The molecule has 0 aromatic rings. The van der Waals surface area contributed by atoms with E-state index in [4.69, 9.17) is 4.55 Å². The Morgan fingerprint density at radius 1 is 0.867 bits per heavy atom. The Kier molecular flexibility index (Phi) is 15.1. The van der Waals surface area contributed by atoms with Crippen molar-refractivity contribution < 1.29 is 13.0 Å². The molecule has 0 rings (SSSR count). The van der Waals surface area contributed by atoms with Crippen LogP contribution in [0.15, 0.2) is 0 Å². The van der Waals surface area contributed by atoms with E-state index in [2.05, 4.69) is 6.92 Å². The zero-order valence-electron chi connectivity index (χ0n) is 9.04. The number of hydrogen-bond acceptors (Lipinski definition) is 2. The Morgan fingerprint density at radius 3 is 1.67 bits per heavy atom. The average molecular weight is 262 g/mol. The van der Waals surface area contributed by atoms with E-state index in [-0.39, 0.29) is 57.1 Å². The van der Waals surface area contributed by atoms with E-state index in [0.29, 0.717) is 6.42 Å². The predicted octanol–water partition coefficient (Wildman–Crippen LogP) is 2.37. The van der Waals surface area contributed by atoms with Crippen LogP contribution in [0.5, 0.6) is 0 Å². The molecular formula is C10H23KO3S. The Bertz CT molecular complexity index is 215. The molecule has 0 aromatic carbocycles. The second-order valence-corrected chi connectivity index (χ2v) is 5.33. The molecule has 5 heteroatoms. The van der Waals surface area contributed by atoms with Gasteiger partial charge in [0.1, 0.15) is 0 Å². The van der Waals surface area contributed by atoms with Crippen LogP contribution in [0.4, 0.5) is 0 Å². The molecule has 0 radical (unpaired) electrons. The van der Waals surface area contributed by atoms with Gasteiger partial charge in [-0.15, -0.1) is 0 Å². The first kappa shape index (κ1) is 18.9. The summed E-state index contributed by atoms with van der Waals surface area (Å²) in [4.78, 5) is 0. The van der Waals surface area contributed by atoms with Crippen molar-refractivity contribution in [2.75, 3.05) is 5.75 Å². The summed E-state index contributed by atoms with van der Waals surface area (Å²) in [6.45, 7) is 2.19. The molecular weight excluding hydrogens is 239 g/mol. The van der Waals surface area contributed by atoms with Gasteiger partial charge in [-0.1, -0.05) is 51.9 Å². The average Bonchev–Trinajstić information content (AvgIpc) is 2.08. The van der Waals surface area contributed by atoms with Gasteiger partial charge in [-0.25, -0.2) is 0 Å². The molecule has 0 bridgehead atoms. The Balaban J connectivity index is 0. The minimum atomic E-state index is -3.73. The number of unbranched alkanes of at least 4 members (excludes halogenated alkanes) is 7. The van der Waals surface area contributed by atoms with E-state index < -0.39 is 10.1 Å². The second kappa shape index (κ2) is 12.0. The fraction of sp³-hybridized carbons (Fsp3) is 1.00. The molecule has 3 nitrogen and oxygen atoms in total. The van der Waals surface area contributed by atoms with Crippen LogP contribution in [0.25, 0.3) is 0 Å². The van der Waals surface area contributed by atoms with Crippen LogP contribution in [0.2, 0.25) is 0 Å². The Morgan fingerprint density at radius 2 is 1.27 bits per heavy atom. The molecule has 0 amide bonds. The summed E-state index contributed by atoms with van der Waals surface area (Å²) < 4.78 is 29.2. The van der Waals surface area contributed by atoms with Crippen LogP contribution >= 0.6 is 0 Å². The first-order chi connectivity index (χ1) is 6.56. The molecule has 0 fully saturated rings. The first-order valence-electron chi connectivity index (χ1n) is 5.51. The molecule has 0 aliphatic rings. The van der Waals surface area contributed by atoms with Crippen molar-refractivity contribution in [1.82, 2.24) is 0 Å². The molecule has 88 valence electrons. The third-order valence-corrected chi connectivity index (χ3v) is 3.06. The minimum absolute atomic E-state index is 0. The first-order valence-corrected chi connectivity index (χ1v) is 7.12. The summed E-state index contributed by atoms with van der Waals surface area (Å²) in [6, 6.07) is 0. The van der Waals surface area contributed by atoms with Crippen LogP contribution in [-0.2, 0) is 10.1 Å². The van der Waals surface area contributed by atoms with Crippen LogP contribution in [0.3, 0.4) is 0 Å². The van der Waals surface area contributed by atoms with Crippen molar-refractivity contribution in [3.63, 3.8) is 0 Å². The molecule has 0 atom stereocenters. The normalized spacial score (nSPS) is 11.1. The molecule has 0 aromatic heterocycles. The standard InChI is InChI=1S/C10H22O3S.K.H/c1-2-3-4-5-6-7-8-9-10-14(11,12)13;;/h2-10H2,1H3,(H,11,12,13);;. The monoisotopic (exact) mass is 262 g/mol. The van der Waals surface area contributed by atoms with E-state index in [0.717, 1.165) is 12.8 Å². The van der Waals surface area contributed by atoms with Crippen LogP contribution in [-0.4, -0.2) is 70.1 Å². The van der Waals surface area contributed by atoms with Gasteiger partial charge in [0.15, 0.2) is 0 Å². The Labute approximate surface area is 137 Å².